The number of rotatable bonds is 3. The molecule has 3 heteroatoms. The molecule has 0 aliphatic carbocycles. The van der Waals surface area contributed by atoms with Crippen molar-refractivity contribution in [1.82, 2.24) is 0 Å². The molecule has 0 saturated carbocycles. The van der Waals surface area contributed by atoms with Gasteiger partial charge in [-0.25, -0.2) is 4.79 Å². The second-order valence-corrected chi connectivity index (χ2v) is 6.37. The summed E-state index contributed by atoms with van der Waals surface area (Å²) in [5.41, 5.74) is 0.900. The van der Waals surface area contributed by atoms with E-state index in [2.05, 4.69) is 0 Å². The quantitative estimate of drug-likeness (QED) is 0.789. The zero-order valence-corrected chi connectivity index (χ0v) is 12.6. The van der Waals surface area contributed by atoms with Crippen molar-refractivity contribution >= 4 is 5.97 Å². The lowest BCUT2D eigenvalue weighted by atomic mass is 9.89. The molecule has 1 aromatic rings. The Balaban J connectivity index is 2.04. The van der Waals surface area contributed by atoms with E-state index in [0.29, 0.717) is 18.6 Å². The second-order valence-electron chi connectivity index (χ2n) is 6.37. The molecule has 0 spiro atoms. The number of ether oxygens (including phenoxy) is 2. The summed E-state index contributed by atoms with van der Waals surface area (Å²) < 4.78 is 11.3. The normalized spacial score (nSPS) is 20.1. The molecule has 0 fully saturated rings. The molecule has 20 heavy (non-hydrogen) atoms. The Bertz CT molecular complexity index is 512. The first-order valence-electron chi connectivity index (χ1n) is 6.90. The van der Waals surface area contributed by atoms with Crippen LogP contribution in [0.3, 0.4) is 0 Å². The zero-order valence-electron chi connectivity index (χ0n) is 12.6. The standard InChI is InChI=1S/C17H22O3/c1-16(2)10-14(11-17(3,4)20-16)15(18)19-12-13-8-6-5-7-9-13/h5-10H,11-12H2,1-4H3. The number of hydrogen-bond donors (Lipinski definition) is 0. The van der Waals surface area contributed by atoms with Crippen molar-refractivity contribution in [3.05, 3.63) is 47.5 Å². The zero-order chi connectivity index (χ0) is 14.8. The molecule has 0 atom stereocenters. The third kappa shape index (κ3) is 3.94. The molecule has 108 valence electrons. The van der Waals surface area contributed by atoms with Crippen molar-refractivity contribution in [2.75, 3.05) is 0 Å². The van der Waals surface area contributed by atoms with E-state index in [9.17, 15) is 4.79 Å². The Morgan fingerprint density at radius 2 is 1.85 bits per heavy atom. The van der Waals surface area contributed by atoms with Crippen LogP contribution in [0, 0.1) is 0 Å². The lowest BCUT2D eigenvalue weighted by molar-refractivity contribution is -0.145. The summed E-state index contributed by atoms with van der Waals surface area (Å²) in [7, 11) is 0. The number of carbonyl (C=O) groups is 1. The van der Waals surface area contributed by atoms with Crippen LogP contribution in [0.15, 0.2) is 42.0 Å². The molecule has 0 bridgehead atoms. The predicted octanol–water partition coefficient (Wildman–Crippen LogP) is 3.63. The summed E-state index contributed by atoms with van der Waals surface area (Å²) in [6, 6.07) is 9.70. The molecule has 0 radical (unpaired) electrons. The monoisotopic (exact) mass is 274 g/mol. The molecule has 0 unspecified atom stereocenters. The van der Waals surface area contributed by atoms with Gasteiger partial charge in [-0.15, -0.1) is 0 Å². The third-order valence-electron chi connectivity index (χ3n) is 3.15. The first kappa shape index (κ1) is 14.8. The molecule has 0 saturated heterocycles. The van der Waals surface area contributed by atoms with E-state index in [-0.39, 0.29) is 11.6 Å². The summed E-state index contributed by atoms with van der Waals surface area (Å²) in [6.45, 7) is 8.20. The van der Waals surface area contributed by atoms with Gasteiger partial charge in [0.2, 0.25) is 0 Å². The third-order valence-corrected chi connectivity index (χ3v) is 3.15. The van der Waals surface area contributed by atoms with Crippen molar-refractivity contribution in [3.8, 4) is 0 Å². The van der Waals surface area contributed by atoms with Crippen molar-refractivity contribution in [1.29, 1.82) is 0 Å². The fraction of sp³-hybridized carbons (Fsp3) is 0.471. The minimum Gasteiger partial charge on any atom is -0.457 e. The molecule has 0 N–H and O–H groups in total. The van der Waals surface area contributed by atoms with Gasteiger partial charge in [0.15, 0.2) is 0 Å². The van der Waals surface area contributed by atoms with Gasteiger partial charge < -0.3 is 9.47 Å². The maximum atomic E-state index is 12.2. The SMILES string of the molecule is CC1(C)C=C(C(=O)OCc2ccccc2)CC(C)(C)O1. The van der Waals surface area contributed by atoms with Crippen LogP contribution in [0.4, 0.5) is 0 Å². The Morgan fingerprint density at radius 3 is 2.45 bits per heavy atom. The second kappa shape index (κ2) is 5.41. The summed E-state index contributed by atoms with van der Waals surface area (Å²) in [5, 5.41) is 0. The summed E-state index contributed by atoms with van der Waals surface area (Å²) in [6.07, 6.45) is 2.44. The summed E-state index contributed by atoms with van der Waals surface area (Å²) in [5.74, 6) is -0.252. The molecule has 2 rings (SSSR count). The molecule has 3 nitrogen and oxygen atoms in total. The highest BCUT2D eigenvalue weighted by molar-refractivity contribution is 5.89. The van der Waals surface area contributed by atoms with E-state index < -0.39 is 5.60 Å². The van der Waals surface area contributed by atoms with Gasteiger partial charge in [-0.05, 0) is 39.3 Å². The van der Waals surface area contributed by atoms with Crippen molar-refractivity contribution in [2.24, 2.45) is 0 Å². The fourth-order valence-electron chi connectivity index (χ4n) is 2.65. The van der Waals surface area contributed by atoms with Crippen LogP contribution in [0.25, 0.3) is 0 Å². The molecule has 0 amide bonds. The Hall–Kier alpha value is -1.61. The highest BCUT2D eigenvalue weighted by atomic mass is 16.5. The maximum Gasteiger partial charge on any atom is 0.334 e. The van der Waals surface area contributed by atoms with Crippen LogP contribution in [-0.2, 0) is 20.9 Å². The number of hydrogen-bond acceptors (Lipinski definition) is 3. The van der Waals surface area contributed by atoms with Gasteiger partial charge in [0.25, 0.3) is 0 Å². The van der Waals surface area contributed by atoms with E-state index in [1.807, 2.05) is 64.1 Å². The largest absolute Gasteiger partial charge is 0.457 e. The lowest BCUT2D eigenvalue weighted by Gasteiger charge is -2.39. The molecule has 1 aliphatic rings. The number of benzene rings is 1. The van der Waals surface area contributed by atoms with Gasteiger partial charge >= 0.3 is 5.97 Å². The smallest absolute Gasteiger partial charge is 0.334 e. The first-order chi connectivity index (χ1) is 9.27. The number of esters is 1. The molecular weight excluding hydrogens is 252 g/mol. The topological polar surface area (TPSA) is 35.5 Å². The highest BCUT2D eigenvalue weighted by Crippen LogP contribution is 2.34. The van der Waals surface area contributed by atoms with Gasteiger partial charge in [0.1, 0.15) is 6.61 Å². The van der Waals surface area contributed by atoms with Crippen LogP contribution in [0.5, 0.6) is 0 Å². The average molecular weight is 274 g/mol. The Labute approximate surface area is 120 Å². The Kier molecular flexibility index (Phi) is 4.00. The molecule has 1 heterocycles. The Morgan fingerprint density at radius 1 is 1.20 bits per heavy atom. The van der Waals surface area contributed by atoms with Gasteiger partial charge in [-0.1, -0.05) is 30.3 Å². The highest BCUT2D eigenvalue weighted by Gasteiger charge is 2.36. The predicted molar refractivity (Wildman–Crippen MR) is 78.2 cm³/mol. The number of carbonyl (C=O) groups excluding carboxylic acids is 1. The van der Waals surface area contributed by atoms with Gasteiger partial charge in [-0.2, -0.15) is 0 Å². The van der Waals surface area contributed by atoms with Gasteiger partial charge in [-0.3, -0.25) is 0 Å². The van der Waals surface area contributed by atoms with E-state index in [1.165, 1.54) is 0 Å². The van der Waals surface area contributed by atoms with E-state index in [1.54, 1.807) is 0 Å². The lowest BCUT2D eigenvalue weighted by Crippen LogP contribution is -2.41. The molecular formula is C17H22O3. The van der Waals surface area contributed by atoms with E-state index in [4.69, 9.17) is 9.47 Å². The van der Waals surface area contributed by atoms with Crippen molar-refractivity contribution in [3.63, 3.8) is 0 Å². The summed E-state index contributed by atoms with van der Waals surface area (Å²) >= 11 is 0. The van der Waals surface area contributed by atoms with Crippen molar-refractivity contribution in [2.45, 2.75) is 51.9 Å². The van der Waals surface area contributed by atoms with Crippen LogP contribution in [-0.4, -0.2) is 17.2 Å². The molecule has 1 aromatic carbocycles. The van der Waals surface area contributed by atoms with Crippen molar-refractivity contribution < 1.29 is 14.3 Å². The van der Waals surface area contributed by atoms with Crippen LogP contribution in [0.2, 0.25) is 0 Å². The molecule has 0 aromatic heterocycles. The fourth-order valence-corrected chi connectivity index (χ4v) is 2.65. The van der Waals surface area contributed by atoms with Crippen LogP contribution in [0.1, 0.15) is 39.7 Å². The van der Waals surface area contributed by atoms with Gasteiger partial charge in [0, 0.05) is 12.0 Å². The minimum atomic E-state index is -0.442. The first-order valence-corrected chi connectivity index (χ1v) is 6.90. The van der Waals surface area contributed by atoms with Gasteiger partial charge in [0.05, 0.1) is 11.2 Å². The molecule has 1 aliphatic heterocycles. The van der Waals surface area contributed by atoms with E-state index >= 15 is 0 Å². The maximum absolute atomic E-state index is 12.2. The van der Waals surface area contributed by atoms with E-state index in [0.717, 1.165) is 5.56 Å². The average Bonchev–Trinajstić information content (AvgIpc) is 2.33. The van der Waals surface area contributed by atoms with Crippen LogP contribution < -0.4 is 0 Å². The van der Waals surface area contributed by atoms with Crippen LogP contribution >= 0.6 is 0 Å². The minimum absolute atomic E-state index is 0.252. The summed E-state index contributed by atoms with van der Waals surface area (Å²) in [4.78, 5) is 12.2.